The zero-order valence-electron chi connectivity index (χ0n) is 28.0. The Bertz CT molecular complexity index is 2490. The van der Waals surface area contributed by atoms with Crippen molar-refractivity contribution >= 4 is 21.9 Å². The first kappa shape index (κ1) is 29.3. The molecule has 4 nitrogen and oxygen atoms in total. The molecule has 1 aliphatic rings. The SMILES string of the molecule is CC(C)(C)C1(C)c2cc(-c3cccc(-c4nc(-c5ccccc5)nc(-c5ccccc5)n4)c3)ccc2-c2cc3c(cc21)oc1ccccc13. The molecule has 236 valence electrons. The summed E-state index contributed by atoms with van der Waals surface area (Å²) in [7, 11) is 0. The molecule has 0 saturated heterocycles. The molecule has 0 N–H and O–H groups in total. The summed E-state index contributed by atoms with van der Waals surface area (Å²) >= 11 is 0. The lowest BCUT2D eigenvalue weighted by molar-refractivity contribution is 0.255. The van der Waals surface area contributed by atoms with Gasteiger partial charge >= 0.3 is 0 Å². The molecular weight excluding hydrogens is 599 g/mol. The van der Waals surface area contributed by atoms with Gasteiger partial charge in [-0.05, 0) is 69.1 Å². The van der Waals surface area contributed by atoms with Crippen LogP contribution in [0, 0.1) is 5.41 Å². The van der Waals surface area contributed by atoms with Crippen LogP contribution in [-0.4, -0.2) is 15.0 Å². The first-order valence-corrected chi connectivity index (χ1v) is 16.9. The Kier molecular flexibility index (Phi) is 6.47. The third kappa shape index (κ3) is 4.62. The fourth-order valence-corrected chi connectivity index (χ4v) is 7.51. The fraction of sp³-hybridized carbons (Fsp3) is 0.133. The maximum absolute atomic E-state index is 6.39. The number of benzene rings is 6. The number of hydrogen-bond acceptors (Lipinski definition) is 4. The van der Waals surface area contributed by atoms with Gasteiger partial charge in [-0.2, -0.15) is 0 Å². The summed E-state index contributed by atoms with van der Waals surface area (Å²) < 4.78 is 6.39. The van der Waals surface area contributed by atoms with Crippen molar-refractivity contribution in [1.82, 2.24) is 15.0 Å². The van der Waals surface area contributed by atoms with Crippen LogP contribution in [0.3, 0.4) is 0 Å². The van der Waals surface area contributed by atoms with Crippen molar-refractivity contribution in [3.8, 4) is 56.4 Å². The van der Waals surface area contributed by atoms with E-state index in [-0.39, 0.29) is 10.8 Å². The summed E-state index contributed by atoms with van der Waals surface area (Å²) in [5.74, 6) is 1.96. The highest BCUT2D eigenvalue weighted by Crippen LogP contribution is 2.58. The van der Waals surface area contributed by atoms with E-state index >= 15 is 0 Å². The molecule has 0 radical (unpaired) electrons. The first-order valence-electron chi connectivity index (χ1n) is 16.9. The van der Waals surface area contributed by atoms with Crippen molar-refractivity contribution in [2.75, 3.05) is 0 Å². The summed E-state index contributed by atoms with van der Waals surface area (Å²) in [5.41, 5.74) is 12.0. The molecule has 1 aliphatic carbocycles. The quantitative estimate of drug-likeness (QED) is 0.193. The Morgan fingerprint density at radius 2 is 1.00 bits per heavy atom. The molecular formula is C45H35N3O. The molecule has 0 saturated carbocycles. The van der Waals surface area contributed by atoms with Gasteiger partial charge < -0.3 is 4.42 Å². The average Bonchev–Trinajstić information content (AvgIpc) is 3.63. The number of hydrogen-bond donors (Lipinski definition) is 0. The van der Waals surface area contributed by atoms with Crippen LogP contribution in [0.5, 0.6) is 0 Å². The second-order valence-electron chi connectivity index (χ2n) is 14.2. The van der Waals surface area contributed by atoms with Crippen LogP contribution in [0.2, 0.25) is 0 Å². The Labute approximate surface area is 286 Å². The van der Waals surface area contributed by atoms with E-state index in [0.717, 1.165) is 44.2 Å². The third-order valence-corrected chi connectivity index (χ3v) is 10.6. The minimum absolute atomic E-state index is 0.0558. The van der Waals surface area contributed by atoms with Gasteiger partial charge in [0.1, 0.15) is 11.2 Å². The molecule has 49 heavy (non-hydrogen) atoms. The van der Waals surface area contributed by atoms with Gasteiger partial charge in [0.05, 0.1) is 0 Å². The molecule has 1 atom stereocenters. The van der Waals surface area contributed by atoms with Crippen LogP contribution in [0.25, 0.3) is 78.4 Å². The molecule has 4 heteroatoms. The van der Waals surface area contributed by atoms with E-state index in [0.29, 0.717) is 17.5 Å². The molecule has 0 fully saturated rings. The standard InChI is InChI=1S/C45H35N3O/c1-44(2,3)45(4)37-25-31(22-23-33(37)35-26-36-34-20-11-12-21-39(34)49-40(36)27-38(35)45)30-18-13-19-32(24-30)43-47-41(28-14-7-5-8-15-28)46-42(48-43)29-16-9-6-10-17-29/h5-27H,1-4H3. The van der Waals surface area contributed by atoms with Gasteiger partial charge in [0.15, 0.2) is 17.5 Å². The number of para-hydroxylation sites is 1. The molecule has 0 spiro atoms. The first-order chi connectivity index (χ1) is 23.8. The fourth-order valence-electron chi connectivity index (χ4n) is 7.51. The van der Waals surface area contributed by atoms with E-state index in [1.165, 1.54) is 27.8 Å². The summed E-state index contributed by atoms with van der Waals surface area (Å²) in [4.78, 5) is 14.9. The van der Waals surface area contributed by atoms with E-state index < -0.39 is 0 Å². The van der Waals surface area contributed by atoms with Gasteiger partial charge in [-0.3, -0.25) is 0 Å². The molecule has 9 rings (SSSR count). The molecule has 2 heterocycles. The lowest BCUT2D eigenvalue weighted by Gasteiger charge is -2.41. The Hall–Kier alpha value is -5.87. The lowest BCUT2D eigenvalue weighted by atomic mass is 9.62. The minimum Gasteiger partial charge on any atom is -0.456 e. The Morgan fingerprint density at radius 1 is 0.449 bits per heavy atom. The molecule has 0 amide bonds. The summed E-state index contributed by atoms with van der Waals surface area (Å²) in [6.07, 6.45) is 0. The highest BCUT2D eigenvalue weighted by atomic mass is 16.3. The molecule has 0 aliphatic heterocycles. The van der Waals surface area contributed by atoms with Gasteiger partial charge in [0, 0.05) is 32.9 Å². The largest absolute Gasteiger partial charge is 0.456 e. The second-order valence-corrected chi connectivity index (χ2v) is 14.2. The molecule has 2 aromatic heterocycles. The summed E-state index contributed by atoms with van der Waals surface area (Å²) in [5, 5.41) is 2.32. The number of rotatable bonds is 4. The predicted octanol–water partition coefficient (Wildman–Crippen LogP) is 11.8. The molecule has 1 unspecified atom stereocenters. The number of fused-ring (bicyclic) bond motifs is 6. The van der Waals surface area contributed by atoms with Gasteiger partial charge in [-0.25, -0.2) is 15.0 Å². The van der Waals surface area contributed by atoms with Gasteiger partial charge in [0.25, 0.3) is 0 Å². The summed E-state index contributed by atoms with van der Waals surface area (Å²) in [6, 6.07) is 48.7. The van der Waals surface area contributed by atoms with E-state index in [9.17, 15) is 0 Å². The third-order valence-electron chi connectivity index (χ3n) is 10.6. The van der Waals surface area contributed by atoms with Crippen LogP contribution in [0.1, 0.15) is 38.8 Å². The van der Waals surface area contributed by atoms with Crippen LogP contribution in [0.4, 0.5) is 0 Å². The lowest BCUT2D eigenvalue weighted by Crippen LogP contribution is -2.36. The maximum atomic E-state index is 6.39. The smallest absolute Gasteiger partial charge is 0.164 e. The molecule has 8 aromatic rings. The molecule has 0 bridgehead atoms. The van der Waals surface area contributed by atoms with E-state index in [2.05, 4.69) is 100 Å². The highest BCUT2D eigenvalue weighted by Gasteiger charge is 2.48. The second kappa shape index (κ2) is 10.8. The van der Waals surface area contributed by atoms with E-state index in [1.807, 2.05) is 66.7 Å². The number of furan rings is 1. The zero-order chi connectivity index (χ0) is 33.3. The van der Waals surface area contributed by atoms with Crippen LogP contribution in [-0.2, 0) is 5.41 Å². The van der Waals surface area contributed by atoms with E-state index in [4.69, 9.17) is 19.4 Å². The van der Waals surface area contributed by atoms with Gasteiger partial charge in [0.2, 0.25) is 0 Å². The van der Waals surface area contributed by atoms with Gasteiger partial charge in [-0.15, -0.1) is 0 Å². The number of aromatic nitrogens is 3. The Morgan fingerprint density at radius 3 is 1.67 bits per heavy atom. The average molecular weight is 634 g/mol. The van der Waals surface area contributed by atoms with Crippen molar-refractivity contribution in [3.63, 3.8) is 0 Å². The molecule has 6 aromatic carbocycles. The monoisotopic (exact) mass is 633 g/mol. The summed E-state index contributed by atoms with van der Waals surface area (Å²) in [6.45, 7) is 9.43. The van der Waals surface area contributed by atoms with E-state index in [1.54, 1.807) is 0 Å². The zero-order valence-corrected chi connectivity index (χ0v) is 28.0. The van der Waals surface area contributed by atoms with Crippen molar-refractivity contribution < 1.29 is 4.42 Å². The highest BCUT2D eigenvalue weighted by molar-refractivity contribution is 6.08. The number of nitrogens with zero attached hydrogens (tertiary/aromatic N) is 3. The normalized spacial score (nSPS) is 15.4. The van der Waals surface area contributed by atoms with Gasteiger partial charge in [-0.1, -0.05) is 137 Å². The van der Waals surface area contributed by atoms with Crippen molar-refractivity contribution in [1.29, 1.82) is 0 Å². The Balaban J connectivity index is 1.18. The maximum Gasteiger partial charge on any atom is 0.164 e. The van der Waals surface area contributed by atoms with Crippen LogP contribution in [0.15, 0.2) is 144 Å². The predicted molar refractivity (Wildman–Crippen MR) is 200 cm³/mol. The van der Waals surface area contributed by atoms with Crippen molar-refractivity contribution in [2.24, 2.45) is 5.41 Å². The topological polar surface area (TPSA) is 51.8 Å². The van der Waals surface area contributed by atoms with Crippen LogP contribution < -0.4 is 0 Å². The van der Waals surface area contributed by atoms with Crippen LogP contribution >= 0.6 is 0 Å². The minimum atomic E-state index is -0.234. The van der Waals surface area contributed by atoms with Crippen molar-refractivity contribution in [2.45, 2.75) is 33.1 Å². The van der Waals surface area contributed by atoms with Crippen molar-refractivity contribution in [3.05, 3.63) is 151 Å².